The first-order valence-corrected chi connectivity index (χ1v) is 9.16. The van der Waals surface area contributed by atoms with Crippen molar-refractivity contribution in [2.75, 3.05) is 32.8 Å². The van der Waals surface area contributed by atoms with Crippen LogP contribution in [0.15, 0.2) is 29.3 Å². The number of ether oxygens (including phenoxy) is 1. The van der Waals surface area contributed by atoms with E-state index in [-0.39, 0.29) is 6.54 Å². The fraction of sp³-hybridized carbons (Fsp3) is 0.579. The third-order valence-corrected chi connectivity index (χ3v) is 4.58. The van der Waals surface area contributed by atoms with Gasteiger partial charge in [-0.3, -0.25) is 9.79 Å². The molecule has 1 aliphatic heterocycles. The van der Waals surface area contributed by atoms with Gasteiger partial charge in [0.25, 0.3) is 0 Å². The van der Waals surface area contributed by atoms with Crippen LogP contribution in [0.5, 0.6) is 0 Å². The van der Waals surface area contributed by atoms with Gasteiger partial charge in [0.2, 0.25) is 5.91 Å². The van der Waals surface area contributed by atoms with E-state index in [0.717, 1.165) is 12.1 Å². The number of benzene rings is 1. The normalized spacial score (nSPS) is 18.9. The van der Waals surface area contributed by atoms with E-state index < -0.39 is 29.2 Å². The summed E-state index contributed by atoms with van der Waals surface area (Å²) in [4.78, 5) is 18.0. The Kier molecular flexibility index (Phi) is 6.92. The number of guanidine groups is 1. The quantitative estimate of drug-likeness (QED) is 0.588. The smallest absolute Gasteiger partial charge is 0.370 e. The molecule has 156 valence electrons. The van der Waals surface area contributed by atoms with Crippen LogP contribution in [-0.4, -0.2) is 49.6 Å². The number of morpholine rings is 1. The minimum absolute atomic E-state index is 0.205. The molecule has 6 nitrogen and oxygen atoms in total. The average Bonchev–Trinajstić information content (AvgIpc) is 2.64. The summed E-state index contributed by atoms with van der Waals surface area (Å²) in [6.07, 6.45) is -4.91. The van der Waals surface area contributed by atoms with Crippen LogP contribution in [0.2, 0.25) is 0 Å². The number of nitrogens with one attached hydrogen (secondary N) is 1. The molecule has 0 spiro atoms. The van der Waals surface area contributed by atoms with Crippen LogP contribution in [0.1, 0.15) is 38.0 Å². The predicted molar refractivity (Wildman–Crippen MR) is 101 cm³/mol. The number of hydrogen-bond donors (Lipinski definition) is 2. The zero-order chi connectivity index (χ0) is 20.9. The number of nitrogens with zero attached hydrogens (tertiary/aromatic N) is 2. The molecule has 1 unspecified atom stereocenters. The van der Waals surface area contributed by atoms with Crippen LogP contribution in [0.25, 0.3) is 0 Å². The highest BCUT2D eigenvalue weighted by molar-refractivity contribution is 5.82. The number of primary amides is 1. The summed E-state index contributed by atoms with van der Waals surface area (Å²) in [6.45, 7) is 7.41. The molecule has 3 N–H and O–H groups in total. The minimum atomic E-state index is -4.40. The standard InChI is InChI=1S/C19H27F3N4O2/c1-4-24-17(25-12-18(2,3)16(23)27)26-8-9-28-15(11-26)13-6-5-7-14(10-13)19(20,21)22/h5-7,10,15H,4,8-9,11-12H2,1-3H3,(H2,23,27)(H,24,25). The van der Waals surface area contributed by atoms with Gasteiger partial charge in [-0.2, -0.15) is 13.2 Å². The maximum absolute atomic E-state index is 13.0. The molecule has 1 aromatic carbocycles. The highest BCUT2D eigenvalue weighted by Crippen LogP contribution is 2.32. The molecule has 28 heavy (non-hydrogen) atoms. The fourth-order valence-electron chi connectivity index (χ4n) is 2.73. The van der Waals surface area contributed by atoms with Gasteiger partial charge in [0.15, 0.2) is 5.96 Å². The first-order chi connectivity index (χ1) is 13.0. The molecular weight excluding hydrogens is 373 g/mol. The van der Waals surface area contributed by atoms with Crippen molar-refractivity contribution in [3.63, 3.8) is 0 Å². The molecule has 0 aromatic heterocycles. The second kappa shape index (κ2) is 8.81. The minimum Gasteiger partial charge on any atom is -0.370 e. The van der Waals surface area contributed by atoms with Crippen molar-refractivity contribution in [3.05, 3.63) is 35.4 Å². The molecule has 1 atom stereocenters. The molecule has 9 heteroatoms. The predicted octanol–water partition coefficient (Wildman–Crippen LogP) is 2.56. The second-order valence-electron chi connectivity index (χ2n) is 7.35. The highest BCUT2D eigenvalue weighted by atomic mass is 19.4. The molecule has 2 rings (SSSR count). The maximum atomic E-state index is 13.0. The van der Waals surface area contributed by atoms with Crippen molar-refractivity contribution in [1.29, 1.82) is 0 Å². The molecule has 0 radical (unpaired) electrons. The molecular formula is C19H27F3N4O2. The molecule has 1 heterocycles. The van der Waals surface area contributed by atoms with E-state index in [1.807, 2.05) is 11.8 Å². The monoisotopic (exact) mass is 400 g/mol. The summed E-state index contributed by atoms with van der Waals surface area (Å²) in [6, 6.07) is 5.18. The molecule has 0 bridgehead atoms. The molecule has 1 aromatic rings. The van der Waals surface area contributed by atoms with E-state index in [0.29, 0.717) is 37.8 Å². The topological polar surface area (TPSA) is 79.9 Å². The Bertz CT molecular complexity index is 719. The van der Waals surface area contributed by atoms with Crippen LogP contribution >= 0.6 is 0 Å². The molecule has 1 fully saturated rings. The van der Waals surface area contributed by atoms with Gasteiger partial charge in [-0.1, -0.05) is 12.1 Å². The van der Waals surface area contributed by atoms with Crippen molar-refractivity contribution in [2.24, 2.45) is 16.1 Å². The number of carbonyl (C=O) groups excluding carboxylic acids is 1. The van der Waals surface area contributed by atoms with E-state index in [4.69, 9.17) is 10.5 Å². The van der Waals surface area contributed by atoms with Gasteiger partial charge >= 0.3 is 6.18 Å². The zero-order valence-electron chi connectivity index (χ0n) is 16.3. The number of alkyl halides is 3. The number of carbonyl (C=O) groups is 1. The fourth-order valence-corrected chi connectivity index (χ4v) is 2.73. The van der Waals surface area contributed by atoms with Crippen LogP contribution in [0, 0.1) is 5.41 Å². The third kappa shape index (κ3) is 5.60. The zero-order valence-corrected chi connectivity index (χ0v) is 16.3. The highest BCUT2D eigenvalue weighted by Gasteiger charge is 2.32. The van der Waals surface area contributed by atoms with E-state index in [2.05, 4.69) is 10.3 Å². The summed E-state index contributed by atoms with van der Waals surface area (Å²) < 4.78 is 44.7. The number of rotatable bonds is 5. The SMILES string of the molecule is CCNC(=NCC(C)(C)C(N)=O)N1CCOC(c2cccc(C(F)(F)F)c2)C1. The van der Waals surface area contributed by atoms with E-state index in [1.54, 1.807) is 19.9 Å². The van der Waals surface area contributed by atoms with Gasteiger partial charge in [0, 0.05) is 13.1 Å². The number of amides is 1. The summed E-state index contributed by atoms with van der Waals surface area (Å²) in [5.41, 5.74) is 4.37. The van der Waals surface area contributed by atoms with Gasteiger partial charge in [-0.05, 0) is 38.5 Å². The summed E-state index contributed by atoms with van der Waals surface area (Å²) in [5, 5.41) is 3.16. The van der Waals surface area contributed by atoms with Crippen molar-refractivity contribution in [3.8, 4) is 0 Å². The van der Waals surface area contributed by atoms with Gasteiger partial charge < -0.3 is 20.7 Å². The van der Waals surface area contributed by atoms with E-state index >= 15 is 0 Å². The maximum Gasteiger partial charge on any atom is 0.416 e. The third-order valence-electron chi connectivity index (χ3n) is 4.58. The largest absolute Gasteiger partial charge is 0.416 e. The lowest BCUT2D eigenvalue weighted by atomic mass is 9.93. The van der Waals surface area contributed by atoms with Crippen molar-refractivity contribution < 1.29 is 22.7 Å². The van der Waals surface area contributed by atoms with E-state index in [9.17, 15) is 18.0 Å². The summed E-state index contributed by atoms with van der Waals surface area (Å²) in [5.74, 6) is 0.132. The van der Waals surface area contributed by atoms with Crippen molar-refractivity contribution in [2.45, 2.75) is 33.1 Å². The van der Waals surface area contributed by atoms with Crippen molar-refractivity contribution >= 4 is 11.9 Å². The number of halogens is 3. The summed E-state index contributed by atoms with van der Waals surface area (Å²) >= 11 is 0. The van der Waals surface area contributed by atoms with Crippen LogP contribution < -0.4 is 11.1 Å². The Balaban J connectivity index is 2.19. The Labute approximate surface area is 162 Å². The first kappa shape index (κ1) is 22.0. The van der Waals surface area contributed by atoms with Crippen LogP contribution in [-0.2, 0) is 15.7 Å². The van der Waals surface area contributed by atoms with Gasteiger partial charge in [0.1, 0.15) is 6.10 Å². The lowest BCUT2D eigenvalue weighted by Gasteiger charge is -2.35. The molecule has 1 saturated heterocycles. The Morgan fingerprint density at radius 2 is 2.11 bits per heavy atom. The second-order valence-corrected chi connectivity index (χ2v) is 7.35. The Hall–Kier alpha value is -2.29. The Morgan fingerprint density at radius 3 is 2.71 bits per heavy atom. The lowest BCUT2D eigenvalue weighted by Crippen LogP contribution is -2.48. The average molecular weight is 400 g/mol. The van der Waals surface area contributed by atoms with Gasteiger partial charge in [0.05, 0.1) is 30.7 Å². The molecule has 0 aliphatic carbocycles. The first-order valence-electron chi connectivity index (χ1n) is 9.16. The Morgan fingerprint density at radius 1 is 1.39 bits per heavy atom. The molecule has 1 amide bonds. The number of aliphatic imine (C=N–C) groups is 1. The molecule has 0 saturated carbocycles. The van der Waals surface area contributed by atoms with E-state index in [1.165, 1.54) is 6.07 Å². The van der Waals surface area contributed by atoms with Crippen molar-refractivity contribution in [1.82, 2.24) is 10.2 Å². The van der Waals surface area contributed by atoms with Crippen LogP contribution in [0.3, 0.4) is 0 Å². The van der Waals surface area contributed by atoms with Crippen LogP contribution in [0.4, 0.5) is 13.2 Å². The molecule has 1 aliphatic rings. The number of hydrogen-bond acceptors (Lipinski definition) is 3. The van der Waals surface area contributed by atoms with Gasteiger partial charge in [-0.25, -0.2) is 0 Å². The van der Waals surface area contributed by atoms with Gasteiger partial charge in [-0.15, -0.1) is 0 Å². The summed E-state index contributed by atoms with van der Waals surface area (Å²) in [7, 11) is 0. The number of nitrogens with two attached hydrogens (primary N) is 1. The lowest BCUT2D eigenvalue weighted by molar-refractivity contribution is -0.137.